The summed E-state index contributed by atoms with van der Waals surface area (Å²) in [6, 6.07) is 6.99. The molecule has 0 spiro atoms. The van der Waals surface area contributed by atoms with Crippen molar-refractivity contribution in [3.05, 3.63) is 35.4 Å². The average molecular weight is 330 g/mol. The van der Waals surface area contributed by atoms with Gasteiger partial charge in [0.2, 0.25) is 0 Å². The van der Waals surface area contributed by atoms with Crippen molar-refractivity contribution in [2.24, 2.45) is 4.99 Å². The fourth-order valence-corrected chi connectivity index (χ4v) is 1.81. The van der Waals surface area contributed by atoms with Crippen molar-refractivity contribution in [3.8, 4) is 0 Å². The summed E-state index contributed by atoms with van der Waals surface area (Å²) in [7, 11) is 1.48. The summed E-state index contributed by atoms with van der Waals surface area (Å²) in [5.41, 5.74) is 1.36. The SMILES string of the molecule is CCNC(=O)c1cccc(CNC(=NC)NCCC(F)(F)F)c1. The van der Waals surface area contributed by atoms with Crippen LogP contribution in [0.4, 0.5) is 13.2 Å². The zero-order valence-electron chi connectivity index (χ0n) is 13.1. The Morgan fingerprint density at radius 3 is 2.57 bits per heavy atom. The average Bonchev–Trinajstić information content (AvgIpc) is 2.50. The van der Waals surface area contributed by atoms with Gasteiger partial charge in [0.15, 0.2) is 5.96 Å². The maximum absolute atomic E-state index is 12.1. The van der Waals surface area contributed by atoms with E-state index in [4.69, 9.17) is 0 Å². The van der Waals surface area contributed by atoms with Crippen LogP contribution in [0.5, 0.6) is 0 Å². The number of alkyl halides is 3. The van der Waals surface area contributed by atoms with Crippen LogP contribution in [0.1, 0.15) is 29.3 Å². The molecule has 1 amide bonds. The third kappa shape index (κ3) is 7.53. The van der Waals surface area contributed by atoms with E-state index in [9.17, 15) is 18.0 Å². The minimum absolute atomic E-state index is 0.165. The Morgan fingerprint density at radius 1 is 1.22 bits per heavy atom. The molecule has 8 heteroatoms. The predicted octanol–water partition coefficient (Wildman–Crippen LogP) is 2.05. The molecule has 1 aromatic carbocycles. The summed E-state index contributed by atoms with van der Waals surface area (Å²) in [5, 5.41) is 8.21. The number of aliphatic imine (C=N–C) groups is 1. The monoisotopic (exact) mass is 330 g/mol. The van der Waals surface area contributed by atoms with Gasteiger partial charge in [0.25, 0.3) is 5.91 Å². The zero-order valence-corrected chi connectivity index (χ0v) is 13.1. The van der Waals surface area contributed by atoms with E-state index in [1.165, 1.54) is 7.05 Å². The van der Waals surface area contributed by atoms with Gasteiger partial charge in [0.05, 0.1) is 6.42 Å². The van der Waals surface area contributed by atoms with Crippen molar-refractivity contribution in [2.75, 3.05) is 20.1 Å². The van der Waals surface area contributed by atoms with Crippen molar-refractivity contribution in [1.29, 1.82) is 0 Å². The summed E-state index contributed by atoms with van der Waals surface area (Å²) in [6.07, 6.45) is -5.13. The molecule has 0 unspecified atom stereocenters. The maximum atomic E-state index is 12.1. The van der Waals surface area contributed by atoms with Crippen LogP contribution < -0.4 is 16.0 Å². The van der Waals surface area contributed by atoms with Crippen LogP contribution in [0.3, 0.4) is 0 Å². The van der Waals surface area contributed by atoms with E-state index < -0.39 is 12.6 Å². The van der Waals surface area contributed by atoms with E-state index in [2.05, 4.69) is 20.9 Å². The minimum Gasteiger partial charge on any atom is -0.356 e. The van der Waals surface area contributed by atoms with Gasteiger partial charge in [-0.25, -0.2) is 0 Å². The number of halogens is 3. The molecule has 0 radical (unpaired) electrons. The second kappa shape index (κ2) is 9.02. The van der Waals surface area contributed by atoms with Gasteiger partial charge in [0.1, 0.15) is 0 Å². The minimum atomic E-state index is -4.20. The number of hydrogen-bond acceptors (Lipinski definition) is 2. The molecular weight excluding hydrogens is 309 g/mol. The molecule has 3 N–H and O–H groups in total. The number of carbonyl (C=O) groups is 1. The highest BCUT2D eigenvalue weighted by atomic mass is 19.4. The predicted molar refractivity (Wildman–Crippen MR) is 83.3 cm³/mol. The molecule has 23 heavy (non-hydrogen) atoms. The fraction of sp³-hybridized carbons (Fsp3) is 0.467. The van der Waals surface area contributed by atoms with Crippen LogP contribution in [-0.4, -0.2) is 38.2 Å². The van der Waals surface area contributed by atoms with Crippen LogP contribution in [0, 0.1) is 0 Å². The standard InChI is InChI=1S/C15H21F3N4O/c1-3-20-13(23)12-6-4-5-11(9-12)10-22-14(19-2)21-8-7-15(16,17)18/h4-6,9H,3,7-8,10H2,1-2H3,(H,20,23)(H2,19,21,22). The van der Waals surface area contributed by atoms with E-state index in [1.54, 1.807) is 18.2 Å². The van der Waals surface area contributed by atoms with Crippen LogP contribution in [0.25, 0.3) is 0 Å². The number of rotatable bonds is 6. The highest BCUT2D eigenvalue weighted by molar-refractivity contribution is 5.94. The number of nitrogens with zero attached hydrogens (tertiary/aromatic N) is 1. The molecule has 0 aromatic heterocycles. The summed E-state index contributed by atoms with van der Waals surface area (Å²) in [5.74, 6) is 0.111. The first-order chi connectivity index (χ1) is 10.9. The third-order valence-corrected chi connectivity index (χ3v) is 2.91. The topological polar surface area (TPSA) is 65.5 Å². The summed E-state index contributed by atoms with van der Waals surface area (Å²) in [6.45, 7) is 2.47. The van der Waals surface area contributed by atoms with Crippen molar-refractivity contribution >= 4 is 11.9 Å². The van der Waals surface area contributed by atoms with Gasteiger partial charge in [0, 0.05) is 32.2 Å². The van der Waals surface area contributed by atoms with Crippen molar-refractivity contribution in [3.63, 3.8) is 0 Å². The van der Waals surface area contributed by atoms with Gasteiger partial charge in [-0.1, -0.05) is 12.1 Å². The molecule has 0 saturated heterocycles. The first kappa shape index (κ1) is 18.8. The smallest absolute Gasteiger partial charge is 0.356 e. The molecule has 0 saturated carbocycles. The maximum Gasteiger partial charge on any atom is 0.390 e. The lowest BCUT2D eigenvalue weighted by atomic mass is 10.1. The lowest BCUT2D eigenvalue weighted by Gasteiger charge is -2.13. The van der Waals surface area contributed by atoms with Gasteiger partial charge in [-0.2, -0.15) is 13.2 Å². The number of hydrogen-bond donors (Lipinski definition) is 3. The lowest BCUT2D eigenvalue weighted by molar-refractivity contribution is -0.132. The summed E-state index contributed by atoms with van der Waals surface area (Å²) >= 11 is 0. The van der Waals surface area contributed by atoms with E-state index in [-0.39, 0.29) is 18.4 Å². The largest absolute Gasteiger partial charge is 0.390 e. The van der Waals surface area contributed by atoms with E-state index in [1.807, 2.05) is 13.0 Å². The van der Waals surface area contributed by atoms with E-state index in [0.717, 1.165) is 5.56 Å². The van der Waals surface area contributed by atoms with Crippen molar-refractivity contribution < 1.29 is 18.0 Å². The number of benzene rings is 1. The molecule has 5 nitrogen and oxygen atoms in total. The Kier molecular flexibility index (Phi) is 7.37. The Hall–Kier alpha value is -2.25. The molecular formula is C15H21F3N4O. The van der Waals surface area contributed by atoms with Crippen molar-refractivity contribution in [1.82, 2.24) is 16.0 Å². The number of nitrogens with one attached hydrogen (secondary N) is 3. The first-order valence-corrected chi connectivity index (χ1v) is 7.24. The molecule has 0 fully saturated rings. The third-order valence-electron chi connectivity index (χ3n) is 2.91. The molecule has 1 rings (SSSR count). The molecule has 1 aromatic rings. The molecule has 0 atom stereocenters. The normalized spacial score (nSPS) is 12.0. The Labute approximate surface area is 133 Å². The second-order valence-corrected chi connectivity index (χ2v) is 4.78. The van der Waals surface area contributed by atoms with Gasteiger partial charge in [-0.05, 0) is 24.6 Å². The molecule has 0 aliphatic heterocycles. The number of carbonyl (C=O) groups excluding carboxylic acids is 1. The van der Waals surface area contributed by atoms with E-state index >= 15 is 0 Å². The van der Waals surface area contributed by atoms with Crippen LogP contribution >= 0.6 is 0 Å². The fourth-order valence-electron chi connectivity index (χ4n) is 1.81. The molecule has 0 aliphatic rings. The number of amides is 1. The zero-order chi connectivity index (χ0) is 17.3. The first-order valence-electron chi connectivity index (χ1n) is 7.24. The van der Waals surface area contributed by atoms with Crippen LogP contribution in [0.2, 0.25) is 0 Å². The van der Waals surface area contributed by atoms with Crippen LogP contribution in [-0.2, 0) is 6.54 Å². The molecule has 0 bridgehead atoms. The Balaban J connectivity index is 2.52. The Bertz CT molecular complexity index is 544. The Morgan fingerprint density at radius 2 is 1.96 bits per heavy atom. The van der Waals surface area contributed by atoms with E-state index in [0.29, 0.717) is 18.7 Å². The highest BCUT2D eigenvalue weighted by Crippen LogP contribution is 2.18. The van der Waals surface area contributed by atoms with Gasteiger partial charge >= 0.3 is 6.18 Å². The summed E-state index contributed by atoms with van der Waals surface area (Å²) < 4.78 is 36.3. The number of guanidine groups is 1. The van der Waals surface area contributed by atoms with Crippen LogP contribution in [0.15, 0.2) is 29.3 Å². The van der Waals surface area contributed by atoms with Crippen molar-refractivity contribution in [2.45, 2.75) is 26.1 Å². The lowest BCUT2D eigenvalue weighted by Crippen LogP contribution is -2.38. The molecule has 0 aliphatic carbocycles. The quantitative estimate of drug-likeness (QED) is 0.552. The van der Waals surface area contributed by atoms with Gasteiger partial charge in [-0.3, -0.25) is 9.79 Å². The molecule has 128 valence electrons. The van der Waals surface area contributed by atoms with Gasteiger partial charge < -0.3 is 16.0 Å². The van der Waals surface area contributed by atoms with Gasteiger partial charge in [-0.15, -0.1) is 0 Å². The summed E-state index contributed by atoms with van der Waals surface area (Å²) in [4.78, 5) is 15.6. The second-order valence-electron chi connectivity index (χ2n) is 4.78. The highest BCUT2D eigenvalue weighted by Gasteiger charge is 2.26. The molecule has 0 heterocycles.